The van der Waals surface area contributed by atoms with Crippen LogP contribution in [-0.4, -0.2) is 40.6 Å². The van der Waals surface area contributed by atoms with Crippen molar-refractivity contribution in [3.8, 4) is 0 Å². The van der Waals surface area contributed by atoms with Crippen molar-refractivity contribution >= 4 is 27.5 Å². The lowest BCUT2D eigenvalue weighted by Gasteiger charge is -2.41. The van der Waals surface area contributed by atoms with Crippen molar-refractivity contribution in [2.75, 3.05) is 16.2 Å². The first-order chi connectivity index (χ1) is 16.5. The van der Waals surface area contributed by atoms with Gasteiger partial charge in [0, 0.05) is 42.7 Å². The van der Waals surface area contributed by atoms with Crippen LogP contribution >= 0.6 is 0 Å². The van der Waals surface area contributed by atoms with Gasteiger partial charge in [-0.05, 0) is 49.2 Å². The zero-order chi connectivity index (χ0) is 23.3. The summed E-state index contributed by atoms with van der Waals surface area (Å²) < 4.78 is 44.4. The number of benzene rings is 2. The highest BCUT2D eigenvalue weighted by Gasteiger charge is 2.39. The van der Waals surface area contributed by atoms with Crippen LogP contribution in [0.2, 0.25) is 0 Å². The summed E-state index contributed by atoms with van der Waals surface area (Å²) in [5, 5.41) is 0. The number of allylic oxidation sites excluding steroid dienone is 1. The molecule has 2 aromatic carbocycles. The molecule has 0 saturated carbocycles. The lowest BCUT2D eigenvalue weighted by Crippen LogP contribution is -2.51. The van der Waals surface area contributed by atoms with Crippen molar-refractivity contribution < 1.29 is 12.8 Å². The van der Waals surface area contributed by atoms with Gasteiger partial charge in [0.05, 0.1) is 12.4 Å². The second-order valence-electron chi connectivity index (χ2n) is 8.48. The molecule has 4 heterocycles. The van der Waals surface area contributed by atoms with E-state index in [9.17, 15) is 12.8 Å². The van der Waals surface area contributed by atoms with Gasteiger partial charge in [-0.25, -0.2) is 17.8 Å². The van der Waals surface area contributed by atoms with Crippen molar-refractivity contribution in [2.45, 2.75) is 30.7 Å². The number of hydrogen-bond acceptors (Lipinski definition) is 6. The molecule has 10 heteroatoms. The Bertz CT molecular complexity index is 1420. The predicted octanol–water partition coefficient (Wildman–Crippen LogP) is 3.81. The molecule has 0 spiro atoms. The third-order valence-electron chi connectivity index (χ3n) is 6.31. The maximum atomic E-state index is 14.1. The quantitative estimate of drug-likeness (QED) is 0.601. The number of fused-ring (bicyclic) bond motifs is 2. The number of nitrogens with one attached hydrogen (secondary N) is 1. The zero-order valence-electron chi connectivity index (χ0n) is 18.3. The molecule has 3 aliphatic heterocycles. The molecule has 8 nitrogen and oxygen atoms in total. The molecule has 0 bridgehead atoms. The Morgan fingerprint density at radius 2 is 2.00 bits per heavy atom. The van der Waals surface area contributed by atoms with Crippen molar-refractivity contribution in [3.05, 3.63) is 90.7 Å². The van der Waals surface area contributed by atoms with E-state index >= 15 is 0 Å². The summed E-state index contributed by atoms with van der Waals surface area (Å²) in [7, 11) is -4.06. The summed E-state index contributed by atoms with van der Waals surface area (Å²) in [6.45, 7) is 1.61. The Labute approximate surface area is 197 Å². The summed E-state index contributed by atoms with van der Waals surface area (Å²) in [6.07, 6.45) is 12.0. The first kappa shape index (κ1) is 20.8. The van der Waals surface area contributed by atoms with E-state index in [2.05, 4.69) is 41.4 Å². The molecule has 1 N–H and O–H groups in total. The molecule has 1 fully saturated rings. The fraction of sp³-hybridized carbons (Fsp3) is 0.208. The highest BCUT2D eigenvalue weighted by Crippen LogP contribution is 2.38. The third-order valence-corrected chi connectivity index (χ3v) is 7.73. The maximum absolute atomic E-state index is 14.1. The van der Waals surface area contributed by atoms with Crippen LogP contribution in [0.4, 0.5) is 15.8 Å². The fourth-order valence-corrected chi connectivity index (χ4v) is 5.91. The summed E-state index contributed by atoms with van der Waals surface area (Å²) >= 11 is 0. The van der Waals surface area contributed by atoms with E-state index in [4.69, 9.17) is 0 Å². The smallest absolute Gasteiger partial charge is 0.264 e. The molecule has 3 aromatic rings. The molecule has 0 radical (unpaired) electrons. The van der Waals surface area contributed by atoms with Crippen LogP contribution in [-0.2, 0) is 16.7 Å². The van der Waals surface area contributed by atoms with Gasteiger partial charge in [-0.3, -0.25) is 4.72 Å². The van der Waals surface area contributed by atoms with E-state index in [1.807, 2.05) is 18.3 Å². The van der Waals surface area contributed by atoms with Crippen LogP contribution < -0.4 is 9.62 Å². The second kappa shape index (κ2) is 7.91. The molecule has 1 aromatic heterocycles. The number of halogens is 1. The van der Waals surface area contributed by atoms with E-state index < -0.39 is 15.8 Å². The Morgan fingerprint density at radius 1 is 1.12 bits per heavy atom. The number of nitrogens with zero attached hydrogens (tertiary/aromatic N) is 5. The van der Waals surface area contributed by atoms with Crippen LogP contribution in [0.3, 0.4) is 0 Å². The van der Waals surface area contributed by atoms with Crippen LogP contribution in [0.1, 0.15) is 18.7 Å². The van der Waals surface area contributed by atoms with Gasteiger partial charge in [0.15, 0.2) is 6.29 Å². The fourth-order valence-electron chi connectivity index (χ4n) is 4.78. The normalized spacial score (nSPS) is 19.3. The molecule has 174 valence electrons. The molecular formula is C24H23FN6O2S. The molecule has 6 rings (SSSR count). The molecule has 0 aliphatic carbocycles. The number of aromatic nitrogens is 2. The van der Waals surface area contributed by atoms with Crippen molar-refractivity contribution in [2.24, 2.45) is 0 Å². The predicted molar refractivity (Wildman–Crippen MR) is 127 cm³/mol. The van der Waals surface area contributed by atoms with E-state index in [1.165, 1.54) is 23.9 Å². The minimum absolute atomic E-state index is 0.0808. The van der Waals surface area contributed by atoms with Crippen molar-refractivity contribution in [1.82, 2.24) is 19.4 Å². The Kier molecular flexibility index (Phi) is 4.84. The minimum atomic E-state index is -4.06. The van der Waals surface area contributed by atoms with E-state index in [-0.39, 0.29) is 11.2 Å². The lowest BCUT2D eigenvalue weighted by molar-refractivity contribution is 0.110. The molecular weight excluding hydrogens is 455 g/mol. The zero-order valence-corrected chi connectivity index (χ0v) is 19.1. The third kappa shape index (κ3) is 3.50. The molecule has 1 atom stereocenters. The molecule has 3 aliphatic rings. The van der Waals surface area contributed by atoms with Gasteiger partial charge >= 0.3 is 0 Å². The Balaban J connectivity index is 1.31. The SMILES string of the molecule is O=S(=O)(Nc1cccc(N2C=C3CCCN3C2N2C=Cc3nccn3C2)c1)c1ccccc1F. The minimum Gasteiger partial charge on any atom is -0.336 e. The summed E-state index contributed by atoms with van der Waals surface area (Å²) in [5.41, 5.74) is 2.47. The summed E-state index contributed by atoms with van der Waals surface area (Å²) in [4.78, 5) is 10.7. The molecule has 34 heavy (non-hydrogen) atoms. The first-order valence-corrected chi connectivity index (χ1v) is 12.6. The molecule has 1 saturated heterocycles. The standard InChI is InChI=1S/C24H23FN6O2S/c25-21-8-1-2-9-22(21)34(32,33)27-18-5-3-6-19(15-18)31-16-20-7-4-12-30(20)24(31)29-13-10-23-26-11-14-28(23)17-29/h1-3,5-6,8-11,13-16,24,27H,4,7,12,17H2. The van der Waals surface area contributed by atoms with Gasteiger partial charge in [-0.15, -0.1) is 0 Å². The van der Waals surface area contributed by atoms with E-state index in [0.717, 1.165) is 37.0 Å². The van der Waals surface area contributed by atoms with Gasteiger partial charge in [-0.1, -0.05) is 18.2 Å². The lowest BCUT2D eigenvalue weighted by atomic mass is 10.2. The molecule has 0 amide bonds. The van der Waals surface area contributed by atoms with Gasteiger partial charge in [0.2, 0.25) is 0 Å². The first-order valence-electron chi connectivity index (χ1n) is 11.1. The number of anilines is 2. The van der Waals surface area contributed by atoms with Gasteiger partial charge < -0.3 is 19.3 Å². The summed E-state index contributed by atoms with van der Waals surface area (Å²) in [5.74, 6) is 0.131. The molecule has 1 unspecified atom stereocenters. The topological polar surface area (TPSA) is 73.7 Å². The van der Waals surface area contributed by atoms with Gasteiger partial charge in [0.25, 0.3) is 10.0 Å². The highest BCUT2D eigenvalue weighted by molar-refractivity contribution is 7.92. The monoisotopic (exact) mass is 478 g/mol. The van der Waals surface area contributed by atoms with Crippen molar-refractivity contribution in [3.63, 3.8) is 0 Å². The van der Waals surface area contributed by atoms with Gasteiger partial charge in [-0.2, -0.15) is 0 Å². The van der Waals surface area contributed by atoms with E-state index in [0.29, 0.717) is 12.4 Å². The highest BCUT2D eigenvalue weighted by atomic mass is 32.2. The largest absolute Gasteiger partial charge is 0.336 e. The van der Waals surface area contributed by atoms with Crippen LogP contribution in [0.25, 0.3) is 6.08 Å². The average Bonchev–Trinajstić information content (AvgIpc) is 3.54. The van der Waals surface area contributed by atoms with Crippen molar-refractivity contribution in [1.29, 1.82) is 0 Å². The summed E-state index contributed by atoms with van der Waals surface area (Å²) in [6, 6.07) is 12.5. The second-order valence-corrected chi connectivity index (χ2v) is 10.1. The number of imidazole rings is 1. The van der Waals surface area contributed by atoms with Crippen LogP contribution in [0, 0.1) is 5.82 Å². The Morgan fingerprint density at radius 3 is 2.88 bits per heavy atom. The van der Waals surface area contributed by atoms with Gasteiger partial charge in [0.1, 0.15) is 16.5 Å². The number of sulfonamides is 1. The maximum Gasteiger partial charge on any atom is 0.264 e. The van der Waals surface area contributed by atoms with Crippen LogP contribution in [0.5, 0.6) is 0 Å². The van der Waals surface area contributed by atoms with Crippen LogP contribution in [0.15, 0.2) is 83.9 Å². The number of rotatable bonds is 5. The Hall–Kier alpha value is -3.79. The average molecular weight is 479 g/mol. The number of hydrogen-bond donors (Lipinski definition) is 1. The van der Waals surface area contributed by atoms with E-state index in [1.54, 1.807) is 24.4 Å².